The monoisotopic (exact) mass is 281 g/mol. The first-order valence-corrected chi connectivity index (χ1v) is 7.00. The summed E-state index contributed by atoms with van der Waals surface area (Å²) in [6.07, 6.45) is -1.12. The van der Waals surface area contributed by atoms with E-state index in [4.69, 9.17) is 10.00 Å². The van der Waals surface area contributed by atoms with E-state index in [1.807, 2.05) is 42.5 Å². The molecule has 1 N–H and O–H groups in total. The first-order valence-electron chi connectivity index (χ1n) is 7.00. The van der Waals surface area contributed by atoms with Crippen LogP contribution in [0.15, 0.2) is 48.5 Å². The van der Waals surface area contributed by atoms with Crippen LogP contribution in [0.5, 0.6) is 5.75 Å². The number of aliphatic hydroxyl groups excluding tert-OH is 1. The Morgan fingerprint density at radius 1 is 1.05 bits per heavy atom. The van der Waals surface area contributed by atoms with Crippen LogP contribution >= 0.6 is 0 Å². The third kappa shape index (κ3) is 3.62. The van der Waals surface area contributed by atoms with Gasteiger partial charge in [-0.2, -0.15) is 5.26 Å². The maximum atomic E-state index is 9.73. The maximum Gasteiger partial charge on any atom is 0.166 e. The van der Waals surface area contributed by atoms with Crippen molar-refractivity contribution in [1.82, 2.24) is 0 Å². The van der Waals surface area contributed by atoms with Crippen LogP contribution in [0.4, 0.5) is 0 Å². The molecule has 0 radical (unpaired) electrons. The van der Waals surface area contributed by atoms with Crippen LogP contribution in [0.2, 0.25) is 0 Å². The maximum absolute atomic E-state index is 9.73. The molecule has 0 aliphatic rings. The van der Waals surface area contributed by atoms with Crippen LogP contribution in [-0.2, 0) is 6.61 Å². The Hall–Kier alpha value is -2.31. The first kappa shape index (κ1) is 15.1. The number of hydrogen-bond acceptors (Lipinski definition) is 3. The number of para-hydroxylation sites is 1. The SMILES string of the molecule is CC(C)c1ccccc1OCc1ccccc1C(O)C#N. The molecule has 0 amide bonds. The lowest BCUT2D eigenvalue weighted by molar-refractivity contribution is 0.229. The lowest BCUT2D eigenvalue weighted by atomic mass is 10.0. The number of nitrogens with zero attached hydrogens (tertiary/aromatic N) is 1. The molecule has 2 aromatic carbocycles. The summed E-state index contributed by atoms with van der Waals surface area (Å²) in [4.78, 5) is 0. The van der Waals surface area contributed by atoms with Gasteiger partial charge >= 0.3 is 0 Å². The van der Waals surface area contributed by atoms with Crippen LogP contribution in [0.1, 0.15) is 42.6 Å². The van der Waals surface area contributed by atoms with E-state index in [9.17, 15) is 5.11 Å². The summed E-state index contributed by atoms with van der Waals surface area (Å²) in [6, 6.07) is 17.1. The second-order valence-corrected chi connectivity index (χ2v) is 5.21. The summed E-state index contributed by atoms with van der Waals surface area (Å²) in [7, 11) is 0. The van der Waals surface area contributed by atoms with E-state index < -0.39 is 6.10 Å². The van der Waals surface area contributed by atoms with Crippen molar-refractivity contribution in [3.8, 4) is 11.8 Å². The molecule has 0 aliphatic heterocycles. The van der Waals surface area contributed by atoms with Crippen molar-refractivity contribution in [3.63, 3.8) is 0 Å². The predicted molar refractivity (Wildman–Crippen MR) is 81.9 cm³/mol. The van der Waals surface area contributed by atoms with E-state index in [0.717, 1.165) is 16.9 Å². The van der Waals surface area contributed by atoms with Gasteiger partial charge in [0.15, 0.2) is 6.10 Å². The lowest BCUT2D eigenvalue weighted by Crippen LogP contribution is -2.05. The third-order valence-corrected chi connectivity index (χ3v) is 3.40. The Kier molecular flexibility index (Phi) is 4.97. The van der Waals surface area contributed by atoms with Crippen molar-refractivity contribution in [1.29, 1.82) is 5.26 Å². The van der Waals surface area contributed by atoms with E-state index in [1.165, 1.54) is 0 Å². The van der Waals surface area contributed by atoms with Crippen molar-refractivity contribution in [3.05, 3.63) is 65.2 Å². The van der Waals surface area contributed by atoms with Gasteiger partial charge in [0.25, 0.3) is 0 Å². The summed E-state index contributed by atoms with van der Waals surface area (Å²) in [5.74, 6) is 1.22. The molecule has 0 saturated heterocycles. The molecule has 0 aliphatic carbocycles. The molecule has 0 aromatic heterocycles. The fourth-order valence-corrected chi connectivity index (χ4v) is 2.25. The van der Waals surface area contributed by atoms with Crippen LogP contribution in [0.3, 0.4) is 0 Å². The number of hydrogen-bond donors (Lipinski definition) is 1. The zero-order chi connectivity index (χ0) is 15.2. The van der Waals surface area contributed by atoms with Gasteiger partial charge < -0.3 is 9.84 Å². The van der Waals surface area contributed by atoms with Gasteiger partial charge in [-0.3, -0.25) is 0 Å². The second-order valence-electron chi connectivity index (χ2n) is 5.21. The van der Waals surface area contributed by atoms with Crippen molar-refractivity contribution in [2.24, 2.45) is 0 Å². The Morgan fingerprint density at radius 2 is 1.67 bits per heavy atom. The Bertz CT molecular complexity index is 644. The molecule has 0 bridgehead atoms. The summed E-state index contributed by atoms with van der Waals surface area (Å²) < 4.78 is 5.90. The molecule has 3 heteroatoms. The van der Waals surface area contributed by atoms with Gasteiger partial charge in [0.2, 0.25) is 0 Å². The summed E-state index contributed by atoms with van der Waals surface area (Å²) in [5, 5.41) is 18.6. The minimum atomic E-state index is -1.12. The van der Waals surface area contributed by atoms with Crippen molar-refractivity contribution in [2.45, 2.75) is 32.5 Å². The molecule has 0 fully saturated rings. The average Bonchev–Trinajstić information content (AvgIpc) is 2.52. The molecular formula is C18H19NO2. The average molecular weight is 281 g/mol. The van der Waals surface area contributed by atoms with Gasteiger partial charge in [0, 0.05) is 5.56 Å². The highest BCUT2D eigenvalue weighted by atomic mass is 16.5. The van der Waals surface area contributed by atoms with E-state index in [2.05, 4.69) is 19.9 Å². The Morgan fingerprint density at radius 3 is 2.33 bits per heavy atom. The number of nitriles is 1. The molecule has 0 heterocycles. The minimum Gasteiger partial charge on any atom is -0.489 e. The summed E-state index contributed by atoms with van der Waals surface area (Å²) >= 11 is 0. The van der Waals surface area contributed by atoms with E-state index in [-0.39, 0.29) is 0 Å². The van der Waals surface area contributed by atoms with Gasteiger partial charge in [-0.25, -0.2) is 0 Å². The molecule has 2 aromatic rings. The molecule has 0 spiro atoms. The Balaban J connectivity index is 2.20. The highest BCUT2D eigenvalue weighted by Crippen LogP contribution is 2.27. The van der Waals surface area contributed by atoms with Crippen LogP contribution in [0, 0.1) is 11.3 Å². The van der Waals surface area contributed by atoms with Crippen molar-refractivity contribution < 1.29 is 9.84 Å². The van der Waals surface area contributed by atoms with Gasteiger partial charge in [0.1, 0.15) is 12.4 Å². The number of rotatable bonds is 5. The van der Waals surface area contributed by atoms with Crippen molar-refractivity contribution in [2.75, 3.05) is 0 Å². The van der Waals surface area contributed by atoms with Gasteiger partial charge in [-0.15, -0.1) is 0 Å². The van der Waals surface area contributed by atoms with Gasteiger partial charge in [-0.05, 0) is 23.1 Å². The zero-order valence-corrected chi connectivity index (χ0v) is 12.3. The lowest BCUT2D eigenvalue weighted by Gasteiger charge is -2.15. The Labute approximate surface area is 125 Å². The fourth-order valence-electron chi connectivity index (χ4n) is 2.25. The topological polar surface area (TPSA) is 53.2 Å². The predicted octanol–water partition coefficient (Wildman–Crippen LogP) is 3.95. The second kappa shape index (κ2) is 6.92. The van der Waals surface area contributed by atoms with E-state index in [1.54, 1.807) is 6.07 Å². The van der Waals surface area contributed by atoms with Crippen LogP contribution < -0.4 is 4.74 Å². The van der Waals surface area contributed by atoms with Crippen LogP contribution in [0.25, 0.3) is 0 Å². The molecule has 1 atom stereocenters. The molecule has 21 heavy (non-hydrogen) atoms. The molecule has 3 nitrogen and oxygen atoms in total. The standard InChI is InChI=1S/C18H19NO2/c1-13(2)15-8-5-6-10-18(15)21-12-14-7-3-4-9-16(14)17(20)11-19/h3-10,13,17,20H,12H2,1-2H3. The largest absolute Gasteiger partial charge is 0.489 e. The third-order valence-electron chi connectivity index (χ3n) is 3.40. The number of ether oxygens (including phenoxy) is 1. The quantitative estimate of drug-likeness (QED) is 0.844. The van der Waals surface area contributed by atoms with E-state index in [0.29, 0.717) is 18.1 Å². The zero-order valence-electron chi connectivity index (χ0n) is 12.3. The molecule has 0 saturated carbocycles. The number of aliphatic hydroxyl groups is 1. The smallest absolute Gasteiger partial charge is 0.166 e. The number of benzene rings is 2. The fraction of sp³-hybridized carbons (Fsp3) is 0.278. The summed E-state index contributed by atoms with van der Waals surface area (Å²) in [5.41, 5.74) is 2.57. The first-order chi connectivity index (χ1) is 10.1. The highest BCUT2D eigenvalue weighted by molar-refractivity contribution is 5.37. The molecular weight excluding hydrogens is 262 g/mol. The van der Waals surface area contributed by atoms with Gasteiger partial charge in [-0.1, -0.05) is 56.3 Å². The molecule has 108 valence electrons. The molecule has 1 unspecified atom stereocenters. The minimum absolute atomic E-state index is 0.332. The van der Waals surface area contributed by atoms with Crippen molar-refractivity contribution >= 4 is 0 Å². The van der Waals surface area contributed by atoms with Crippen LogP contribution in [-0.4, -0.2) is 5.11 Å². The highest BCUT2D eigenvalue weighted by Gasteiger charge is 2.12. The summed E-state index contributed by atoms with van der Waals surface area (Å²) in [6.45, 7) is 4.57. The normalized spacial score (nSPS) is 12.0. The molecule has 2 rings (SSSR count). The van der Waals surface area contributed by atoms with Gasteiger partial charge in [0.05, 0.1) is 6.07 Å². The van der Waals surface area contributed by atoms with E-state index >= 15 is 0 Å².